The van der Waals surface area contributed by atoms with Crippen LogP contribution in [0.25, 0.3) is 0 Å². The highest BCUT2D eigenvalue weighted by Crippen LogP contribution is 2.19. The van der Waals surface area contributed by atoms with Crippen molar-refractivity contribution in [2.75, 3.05) is 6.54 Å². The Morgan fingerprint density at radius 3 is 2.32 bits per heavy atom. The Morgan fingerprint density at radius 1 is 1.32 bits per heavy atom. The highest BCUT2D eigenvalue weighted by molar-refractivity contribution is 5.96. The minimum atomic E-state index is -1.13. The zero-order valence-electron chi connectivity index (χ0n) is 11.5. The van der Waals surface area contributed by atoms with Crippen LogP contribution >= 0.6 is 0 Å². The summed E-state index contributed by atoms with van der Waals surface area (Å²) in [6, 6.07) is 4.26. The fraction of sp³-hybridized carbons (Fsp3) is 0.429. The molecule has 5 heteroatoms. The molecule has 1 amide bonds. The van der Waals surface area contributed by atoms with Crippen molar-refractivity contribution in [1.29, 1.82) is 0 Å². The smallest absolute Gasteiger partial charge is 0.323 e. The molecule has 104 valence electrons. The second kappa shape index (κ2) is 5.38. The van der Waals surface area contributed by atoms with Gasteiger partial charge in [-0.25, -0.2) is 4.39 Å². The minimum absolute atomic E-state index is 0.109. The quantitative estimate of drug-likeness (QED) is 0.915. The van der Waals surface area contributed by atoms with Gasteiger partial charge < -0.3 is 10.0 Å². The summed E-state index contributed by atoms with van der Waals surface area (Å²) in [7, 11) is 0. The number of hydrogen-bond donors (Lipinski definition) is 1. The third kappa shape index (κ3) is 3.77. The number of hydrogen-bond acceptors (Lipinski definition) is 2. The minimum Gasteiger partial charge on any atom is -0.480 e. The second-order valence-electron chi connectivity index (χ2n) is 5.44. The van der Waals surface area contributed by atoms with Gasteiger partial charge in [0.05, 0.1) is 5.56 Å². The molecule has 0 saturated heterocycles. The Bertz CT molecular complexity index is 506. The molecular weight excluding hydrogens is 249 g/mol. The molecule has 0 aliphatic heterocycles. The van der Waals surface area contributed by atoms with Gasteiger partial charge in [0.1, 0.15) is 12.4 Å². The molecule has 1 aromatic carbocycles. The molecular formula is C14H18FNO3. The zero-order valence-corrected chi connectivity index (χ0v) is 11.5. The molecule has 0 atom stereocenters. The van der Waals surface area contributed by atoms with Crippen LogP contribution in [0.5, 0.6) is 0 Å². The number of rotatable bonds is 3. The standard InChI is InChI=1S/C14H18FNO3/c1-9-5-6-10(11(15)7-9)13(19)16(8-12(17)18)14(2,3)4/h5-7H,8H2,1-4H3,(H,17,18). The van der Waals surface area contributed by atoms with Gasteiger partial charge in [-0.2, -0.15) is 0 Å². The molecule has 0 aliphatic rings. The predicted octanol–water partition coefficient (Wildman–Crippen LogP) is 2.46. The van der Waals surface area contributed by atoms with Crippen LogP contribution in [-0.4, -0.2) is 34.0 Å². The Hall–Kier alpha value is -1.91. The normalized spacial score (nSPS) is 11.2. The monoisotopic (exact) mass is 267 g/mol. The summed E-state index contributed by atoms with van der Waals surface area (Å²) in [5.74, 6) is -2.38. The molecule has 0 bridgehead atoms. The first-order valence-electron chi connectivity index (χ1n) is 5.93. The van der Waals surface area contributed by atoms with Crippen LogP contribution in [0, 0.1) is 12.7 Å². The fourth-order valence-corrected chi connectivity index (χ4v) is 1.69. The third-order valence-corrected chi connectivity index (χ3v) is 2.70. The number of aliphatic carboxylic acids is 1. The first-order valence-corrected chi connectivity index (χ1v) is 5.93. The number of carbonyl (C=O) groups excluding carboxylic acids is 1. The highest BCUT2D eigenvalue weighted by atomic mass is 19.1. The molecule has 0 spiro atoms. The molecule has 0 unspecified atom stereocenters. The van der Waals surface area contributed by atoms with Crippen molar-refractivity contribution < 1.29 is 19.1 Å². The van der Waals surface area contributed by atoms with Crippen LogP contribution in [0.15, 0.2) is 18.2 Å². The van der Waals surface area contributed by atoms with Crippen LogP contribution in [0.4, 0.5) is 4.39 Å². The van der Waals surface area contributed by atoms with Crippen LogP contribution in [0.2, 0.25) is 0 Å². The summed E-state index contributed by atoms with van der Waals surface area (Å²) in [5, 5.41) is 8.87. The van der Waals surface area contributed by atoms with E-state index in [1.807, 2.05) is 0 Å². The van der Waals surface area contributed by atoms with E-state index in [-0.39, 0.29) is 5.56 Å². The molecule has 1 rings (SSSR count). The van der Waals surface area contributed by atoms with Gasteiger partial charge in [-0.05, 0) is 45.4 Å². The number of carbonyl (C=O) groups is 2. The molecule has 19 heavy (non-hydrogen) atoms. The van der Waals surface area contributed by atoms with E-state index in [2.05, 4.69) is 0 Å². The summed E-state index contributed by atoms with van der Waals surface area (Å²) < 4.78 is 13.8. The highest BCUT2D eigenvalue weighted by Gasteiger charge is 2.30. The van der Waals surface area contributed by atoms with Crippen molar-refractivity contribution in [2.45, 2.75) is 33.2 Å². The summed E-state index contributed by atoms with van der Waals surface area (Å²) in [5.41, 5.74) is -0.108. The van der Waals surface area contributed by atoms with Crippen molar-refractivity contribution in [3.63, 3.8) is 0 Å². The largest absolute Gasteiger partial charge is 0.480 e. The third-order valence-electron chi connectivity index (χ3n) is 2.70. The Labute approximate surface area is 111 Å². The molecule has 1 aromatic rings. The van der Waals surface area contributed by atoms with E-state index in [1.54, 1.807) is 33.8 Å². The van der Waals surface area contributed by atoms with E-state index >= 15 is 0 Å². The fourth-order valence-electron chi connectivity index (χ4n) is 1.69. The lowest BCUT2D eigenvalue weighted by Crippen LogP contribution is -2.48. The van der Waals surface area contributed by atoms with Gasteiger partial charge in [-0.15, -0.1) is 0 Å². The Morgan fingerprint density at radius 2 is 1.89 bits per heavy atom. The average Bonchev–Trinajstić information content (AvgIpc) is 2.23. The van der Waals surface area contributed by atoms with Gasteiger partial charge in [0.2, 0.25) is 0 Å². The lowest BCUT2D eigenvalue weighted by atomic mass is 10.0. The van der Waals surface area contributed by atoms with E-state index < -0.39 is 29.8 Å². The van der Waals surface area contributed by atoms with E-state index in [1.165, 1.54) is 12.1 Å². The maximum absolute atomic E-state index is 13.8. The number of nitrogens with zero attached hydrogens (tertiary/aromatic N) is 1. The maximum Gasteiger partial charge on any atom is 0.323 e. The molecule has 0 aromatic heterocycles. The van der Waals surface area contributed by atoms with E-state index in [0.29, 0.717) is 5.56 Å². The van der Waals surface area contributed by atoms with E-state index in [9.17, 15) is 14.0 Å². The molecule has 0 heterocycles. The Balaban J connectivity index is 3.16. The predicted molar refractivity (Wildman–Crippen MR) is 69.6 cm³/mol. The first-order chi connectivity index (χ1) is 8.62. The van der Waals surface area contributed by atoms with E-state index in [0.717, 1.165) is 4.90 Å². The van der Waals surface area contributed by atoms with Gasteiger partial charge >= 0.3 is 5.97 Å². The summed E-state index contributed by atoms with van der Waals surface area (Å²) in [4.78, 5) is 24.3. The first kappa shape index (κ1) is 15.1. The number of benzene rings is 1. The average molecular weight is 267 g/mol. The SMILES string of the molecule is Cc1ccc(C(=O)N(CC(=O)O)C(C)(C)C)c(F)c1. The summed E-state index contributed by atoms with van der Waals surface area (Å²) in [6.45, 7) is 6.38. The molecule has 1 N–H and O–H groups in total. The molecule has 0 fully saturated rings. The molecule has 0 saturated carbocycles. The van der Waals surface area contributed by atoms with Crippen LogP contribution < -0.4 is 0 Å². The van der Waals surface area contributed by atoms with Crippen molar-refractivity contribution in [3.05, 3.63) is 35.1 Å². The number of halogens is 1. The van der Waals surface area contributed by atoms with E-state index in [4.69, 9.17) is 5.11 Å². The van der Waals surface area contributed by atoms with Crippen molar-refractivity contribution in [1.82, 2.24) is 4.90 Å². The van der Waals surface area contributed by atoms with Crippen molar-refractivity contribution >= 4 is 11.9 Å². The van der Waals surface area contributed by atoms with Crippen molar-refractivity contribution in [2.24, 2.45) is 0 Å². The number of aryl methyl sites for hydroxylation is 1. The lowest BCUT2D eigenvalue weighted by molar-refractivity contribution is -0.138. The van der Waals surface area contributed by atoms with Gasteiger partial charge in [0, 0.05) is 5.54 Å². The van der Waals surface area contributed by atoms with Gasteiger partial charge in [-0.3, -0.25) is 9.59 Å². The van der Waals surface area contributed by atoms with Gasteiger partial charge in [0.15, 0.2) is 0 Å². The van der Waals surface area contributed by atoms with Crippen LogP contribution in [0.1, 0.15) is 36.7 Å². The number of amides is 1. The van der Waals surface area contributed by atoms with Crippen molar-refractivity contribution in [3.8, 4) is 0 Å². The topological polar surface area (TPSA) is 57.6 Å². The molecule has 4 nitrogen and oxygen atoms in total. The van der Waals surface area contributed by atoms with Crippen LogP contribution in [0.3, 0.4) is 0 Å². The maximum atomic E-state index is 13.8. The summed E-state index contributed by atoms with van der Waals surface area (Å²) >= 11 is 0. The zero-order chi connectivity index (χ0) is 14.8. The van der Waals surface area contributed by atoms with Crippen LogP contribution in [-0.2, 0) is 4.79 Å². The number of carboxylic acids is 1. The van der Waals surface area contributed by atoms with Gasteiger partial charge in [0.25, 0.3) is 5.91 Å². The van der Waals surface area contributed by atoms with Gasteiger partial charge in [-0.1, -0.05) is 6.07 Å². The number of carboxylic acid groups (broad SMARTS) is 1. The Kier molecular flexibility index (Phi) is 4.29. The summed E-state index contributed by atoms with van der Waals surface area (Å²) in [6.07, 6.45) is 0. The lowest BCUT2D eigenvalue weighted by Gasteiger charge is -2.34. The molecule has 0 aliphatic carbocycles. The second-order valence-corrected chi connectivity index (χ2v) is 5.44. The molecule has 0 radical (unpaired) electrons.